The van der Waals surface area contributed by atoms with Gasteiger partial charge < -0.3 is 0 Å². The van der Waals surface area contributed by atoms with E-state index < -0.39 is 13.3 Å². The van der Waals surface area contributed by atoms with Crippen LogP contribution in [0, 0.1) is 0 Å². The molecule has 0 aliphatic rings. The van der Waals surface area contributed by atoms with E-state index in [4.69, 9.17) is 0 Å². The summed E-state index contributed by atoms with van der Waals surface area (Å²) in [6, 6.07) is 0. The van der Waals surface area contributed by atoms with Gasteiger partial charge in [-0.25, -0.2) is 0 Å². The summed E-state index contributed by atoms with van der Waals surface area (Å²) in [5, 5.41) is 1.58. The van der Waals surface area contributed by atoms with Gasteiger partial charge in [-0.15, -0.1) is 0 Å². The molecule has 0 aliphatic heterocycles. The summed E-state index contributed by atoms with van der Waals surface area (Å²) < 4.78 is 0. The standard InChI is InChI=1S/C12H28Ge/c1-5-6-7-8-9-10-11-12-13(2,3)4/h5-12H2,1-4H3. The van der Waals surface area contributed by atoms with Crippen LogP contribution < -0.4 is 0 Å². The second-order valence-electron chi connectivity index (χ2n) is 5.43. The molecule has 0 aromatic heterocycles. The number of rotatable bonds is 8. The summed E-state index contributed by atoms with van der Waals surface area (Å²) in [5.74, 6) is 7.57. The first kappa shape index (κ1) is 13.5. The molecule has 0 heterocycles. The molecule has 0 N–H and O–H groups in total. The molecule has 80 valence electrons. The Bertz CT molecular complexity index is 102. The molecule has 0 spiro atoms. The molecule has 0 amide bonds. The Balaban J connectivity index is 3.00. The fourth-order valence-corrected chi connectivity index (χ4v) is 4.36. The fourth-order valence-electron chi connectivity index (χ4n) is 1.61. The van der Waals surface area contributed by atoms with Crippen molar-refractivity contribution in [3.8, 4) is 0 Å². The van der Waals surface area contributed by atoms with E-state index in [1.807, 2.05) is 0 Å². The Hall–Kier alpha value is 0.543. The molecule has 1 heteroatoms. The van der Waals surface area contributed by atoms with Crippen LogP contribution >= 0.6 is 0 Å². The zero-order valence-corrected chi connectivity index (χ0v) is 12.3. The number of hydrogen-bond acceptors (Lipinski definition) is 0. The van der Waals surface area contributed by atoms with Gasteiger partial charge >= 0.3 is 87.7 Å². The zero-order valence-electron chi connectivity index (χ0n) is 10.2. The minimum atomic E-state index is -1.18. The molecule has 13 heavy (non-hydrogen) atoms. The van der Waals surface area contributed by atoms with E-state index >= 15 is 0 Å². The van der Waals surface area contributed by atoms with Gasteiger partial charge in [0.05, 0.1) is 0 Å². The van der Waals surface area contributed by atoms with Crippen molar-refractivity contribution in [2.24, 2.45) is 0 Å². The normalized spacial score (nSPS) is 12.0. The average Bonchev–Trinajstić information content (AvgIpc) is 2.01. The third-order valence-electron chi connectivity index (χ3n) is 2.53. The van der Waals surface area contributed by atoms with Crippen molar-refractivity contribution in [2.45, 2.75) is 74.4 Å². The SMILES string of the molecule is CCCCCCCC[CH2][Ge]([CH3])([CH3])[CH3]. The number of hydrogen-bond donors (Lipinski definition) is 0. The first-order valence-electron chi connectivity index (χ1n) is 6.06. The van der Waals surface area contributed by atoms with Crippen LogP contribution in [0.2, 0.25) is 22.5 Å². The summed E-state index contributed by atoms with van der Waals surface area (Å²) in [6.07, 6.45) is 10.2. The van der Waals surface area contributed by atoms with Crippen LogP contribution in [-0.4, -0.2) is 13.3 Å². The van der Waals surface area contributed by atoms with Crippen molar-refractivity contribution in [3.63, 3.8) is 0 Å². The first-order valence-corrected chi connectivity index (χ1v) is 13.8. The molecule has 0 fully saturated rings. The fraction of sp³-hybridized carbons (Fsp3) is 1.00. The monoisotopic (exact) mass is 246 g/mol. The van der Waals surface area contributed by atoms with Crippen molar-refractivity contribution in [2.75, 3.05) is 0 Å². The summed E-state index contributed by atoms with van der Waals surface area (Å²) in [4.78, 5) is 0. The van der Waals surface area contributed by atoms with E-state index in [0.717, 1.165) is 0 Å². The van der Waals surface area contributed by atoms with Gasteiger partial charge in [-0.3, -0.25) is 0 Å². The molecule has 0 aromatic carbocycles. The molecule has 0 aromatic rings. The Morgan fingerprint density at radius 3 is 1.62 bits per heavy atom. The van der Waals surface area contributed by atoms with Crippen molar-refractivity contribution in [1.29, 1.82) is 0 Å². The van der Waals surface area contributed by atoms with Crippen molar-refractivity contribution < 1.29 is 0 Å². The van der Waals surface area contributed by atoms with Crippen molar-refractivity contribution >= 4 is 13.3 Å². The van der Waals surface area contributed by atoms with Crippen LogP contribution in [0.3, 0.4) is 0 Å². The zero-order chi connectivity index (χ0) is 10.2. The van der Waals surface area contributed by atoms with Crippen LogP contribution in [0.1, 0.15) is 51.9 Å². The van der Waals surface area contributed by atoms with Gasteiger partial charge in [0.15, 0.2) is 0 Å². The maximum atomic E-state index is 2.52. The van der Waals surface area contributed by atoms with Gasteiger partial charge in [-0.05, 0) is 0 Å². The second-order valence-corrected chi connectivity index (χ2v) is 17.2. The Labute approximate surface area is 87.9 Å². The molecule has 0 aliphatic carbocycles. The topological polar surface area (TPSA) is 0 Å². The third-order valence-corrected chi connectivity index (χ3v) is 6.42. The molecule has 0 nitrogen and oxygen atoms in total. The molecule has 0 saturated carbocycles. The number of unbranched alkanes of at least 4 members (excludes halogenated alkanes) is 6. The Kier molecular flexibility index (Phi) is 8.23. The summed E-state index contributed by atoms with van der Waals surface area (Å²) in [7, 11) is 0. The van der Waals surface area contributed by atoms with Gasteiger partial charge in [-0.2, -0.15) is 0 Å². The van der Waals surface area contributed by atoms with E-state index in [2.05, 4.69) is 24.2 Å². The van der Waals surface area contributed by atoms with Crippen LogP contribution in [-0.2, 0) is 0 Å². The van der Waals surface area contributed by atoms with Gasteiger partial charge in [0.2, 0.25) is 0 Å². The summed E-state index contributed by atoms with van der Waals surface area (Å²) >= 11 is -1.18. The molecule has 0 atom stereocenters. The Morgan fingerprint density at radius 1 is 0.692 bits per heavy atom. The van der Waals surface area contributed by atoms with E-state index in [1.54, 1.807) is 5.25 Å². The van der Waals surface area contributed by atoms with E-state index in [9.17, 15) is 0 Å². The molecular formula is C12H28Ge. The first-order chi connectivity index (χ1) is 6.06. The molecule has 0 bridgehead atoms. The summed E-state index contributed by atoms with van der Waals surface area (Å²) in [6.45, 7) is 2.28. The van der Waals surface area contributed by atoms with Crippen molar-refractivity contribution in [1.82, 2.24) is 0 Å². The van der Waals surface area contributed by atoms with E-state index in [-0.39, 0.29) is 0 Å². The molecule has 0 unspecified atom stereocenters. The predicted molar refractivity (Wildman–Crippen MR) is 66.1 cm³/mol. The van der Waals surface area contributed by atoms with Gasteiger partial charge in [0, 0.05) is 0 Å². The van der Waals surface area contributed by atoms with E-state index in [0.29, 0.717) is 0 Å². The molecular weight excluding hydrogens is 217 g/mol. The van der Waals surface area contributed by atoms with Crippen LogP contribution in [0.25, 0.3) is 0 Å². The van der Waals surface area contributed by atoms with Gasteiger partial charge in [-0.1, -0.05) is 0 Å². The Morgan fingerprint density at radius 2 is 1.15 bits per heavy atom. The van der Waals surface area contributed by atoms with Crippen molar-refractivity contribution in [3.05, 3.63) is 0 Å². The van der Waals surface area contributed by atoms with Gasteiger partial charge in [0.25, 0.3) is 0 Å². The van der Waals surface area contributed by atoms with Gasteiger partial charge in [0.1, 0.15) is 0 Å². The molecule has 0 rings (SSSR count). The quantitative estimate of drug-likeness (QED) is 0.413. The van der Waals surface area contributed by atoms with E-state index in [1.165, 1.54) is 44.9 Å². The maximum absolute atomic E-state index is 2.52. The predicted octanol–water partition coefficient (Wildman–Crippen LogP) is 5.08. The molecule has 0 saturated heterocycles. The third kappa shape index (κ3) is 12.5. The molecule has 0 radical (unpaired) electrons. The van der Waals surface area contributed by atoms with Crippen LogP contribution in [0.5, 0.6) is 0 Å². The van der Waals surface area contributed by atoms with Crippen LogP contribution in [0.4, 0.5) is 0 Å². The summed E-state index contributed by atoms with van der Waals surface area (Å²) in [5.41, 5.74) is 0. The average molecular weight is 245 g/mol. The van der Waals surface area contributed by atoms with Crippen LogP contribution in [0.15, 0.2) is 0 Å². The minimum absolute atomic E-state index is 1.18. The second kappa shape index (κ2) is 7.90.